The highest BCUT2D eigenvalue weighted by Crippen LogP contribution is 2.70. The molecule has 4 fully saturated rings. The summed E-state index contributed by atoms with van der Waals surface area (Å²) in [4.78, 5) is 0. The highest BCUT2D eigenvalue weighted by molar-refractivity contribution is 5.17. The van der Waals surface area contributed by atoms with Crippen LogP contribution in [0.5, 0.6) is 0 Å². The molecule has 0 aromatic carbocycles. The summed E-state index contributed by atoms with van der Waals surface area (Å²) >= 11 is 0. The van der Waals surface area contributed by atoms with Crippen molar-refractivity contribution < 1.29 is 0 Å². The van der Waals surface area contributed by atoms with Crippen LogP contribution in [0.4, 0.5) is 0 Å². The smallest absolute Gasteiger partial charge is 0.0216 e. The van der Waals surface area contributed by atoms with Gasteiger partial charge in [-0.25, -0.2) is 0 Å². The zero-order valence-corrected chi connectivity index (χ0v) is 50.2. The van der Waals surface area contributed by atoms with Crippen LogP contribution in [-0.2, 0) is 0 Å². The number of unbranched alkanes of at least 4 members (excludes halogenated alkanes) is 4. The minimum atomic E-state index is 0. The van der Waals surface area contributed by atoms with Gasteiger partial charge < -0.3 is 5.73 Å². The van der Waals surface area contributed by atoms with Gasteiger partial charge in [-0.2, -0.15) is 0 Å². The molecule has 2 N–H and O–H groups in total. The van der Waals surface area contributed by atoms with E-state index in [0.29, 0.717) is 10.8 Å². The van der Waals surface area contributed by atoms with Gasteiger partial charge in [0, 0.05) is 5.54 Å². The van der Waals surface area contributed by atoms with Gasteiger partial charge in [0.05, 0.1) is 0 Å². The van der Waals surface area contributed by atoms with E-state index in [4.69, 9.17) is 5.73 Å². The molecule has 0 bridgehead atoms. The molecule has 12 atom stereocenters. The molecule has 0 spiro atoms. The largest absolute Gasteiger partial charge is 0.325 e. The van der Waals surface area contributed by atoms with E-state index in [2.05, 4.69) is 138 Å². The maximum atomic E-state index is 7.56. The van der Waals surface area contributed by atoms with Crippen molar-refractivity contribution in [3.05, 3.63) is 0 Å². The fourth-order valence-corrected chi connectivity index (χ4v) is 12.0. The molecule has 0 saturated heterocycles. The van der Waals surface area contributed by atoms with E-state index in [-0.39, 0.29) is 13.0 Å². The molecule has 0 radical (unpaired) electrons. The summed E-state index contributed by atoms with van der Waals surface area (Å²) in [6.07, 6.45) is 32.9. The topological polar surface area (TPSA) is 26.0 Å². The van der Waals surface area contributed by atoms with Gasteiger partial charge in [0.25, 0.3) is 0 Å². The van der Waals surface area contributed by atoms with Gasteiger partial charge in [-0.1, -0.05) is 290 Å². The molecule has 4 aliphatic rings. The minimum absolute atomic E-state index is 0. The molecule has 1 nitrogen and oxygen atoms in total. The third-order valence-corrected chi connectivity index (χ3v) is 15.1. The Labute approximate surface area is 415 Å². The monoisotopic (exact) mass is 912 g/mol. The molecule has 398 valence electrons. The lowest BCUT2D eigenvalue weighted by atomic mass is 9.39. The summed E-state index contributed by atoms with van der Waals surface area (Å²) in [6, 6.07) is 0. The second kappa shape index (κ2) is 50.8. The number of fused-ring (bicyclic) bond motifs is 5. The van der Waals surface area contributed by atoms with Crippen LogP contribution >= 0.6 is 0 Å². The van der Waals surface area contributed by atoms with E-state index in [1.165, 1.54) is 154 Å². The van der Waals surface area contributed by atoms with E-state index in [1.54, 1.807) is 0 Å². The molecule has 4 saturated carbocycles. The molecule has 1 heteroatoms. The Morgan fingerprint density at radius 1 is 0.500 bits per heavy atom. The van der Waals surface area contributed by atoms with Crippen molar-refractivity contribution in [3.8, 4) is 0 Å². The fourth-order valence-electron chi connectivity index (χ4n) is 12.0. The molecule has 0 aromatic rings. The first-order chi connectivity index (χ1) is 30.0. The van der Waals surface area contributed by atoms with Crippen molar-refractivity contribution in [1.82, 2.24) is 0 Å². The maximum Gasteiger partial charge on any atom is 0.0216 e. The highest BCUT2D eigenvalue weighted by Gasteiger charge is 2.65. The molecule has 4 aliphatic carbocycles. The quantitative estimate of drug-likeness (QED) is 0.183. The second-order valence-electron chi connectivity index (χ2n) is 21.0. The molecule has 4 rings (SSSR count). The van der Waals surface area contributed by atoms with Gasteiger partial charge in [0.2, 0.25) is 0 Å². The second-order valence-corrected chi connectivity index (χ2v) is 21.0. The van der Waals surface area contributed by atoms with Crippen molar-refractivity contribution in [1.29, 1.82) is 0 Å². The molecule has 12 unspecified atom stereocenters. The van der Waals surface area contributed by atoms with E-state index >= 15 is 0 Å². The predicted molar refractivity (Wildman–Crippen MR) is 308 cm³/mol. The van der Waals surface area contributed by atoms with Crippen LogP contribution in [0.25, 0.3) is 0 Å². The summed E-state index contributed by atoms with van der Waals surface area (Å²) in [6.45, 7) is 58.1. The first kappa shape index (κ1) is 78.1. The van der Waals surface area contributed by atoms with Crippen molar-refractivity contribution in [2.75, 3.05) is 0 Å². The van der Waals surface area contributed by atoms with Crippen LogP contribution in [0.15, 0.2) is 0 Å². The molecule has 0 amide bonds. The molecular formula is C63H141N. The molecular weight excluding hydrogens is 771 g/mol. The lowest BCUT2D eigenvalue weighted by Crippen LogP contribution is -2.68. The standard InChI is InChI=1S/C32H59N.C7H16.C5H12.4C3H8.3C2H6.CH4/c1-8-10-11-13-22(3)25-16-19-31(7)28-17-18-30(6)26(23(4)12-9-2)14-15-27(30)29(28)24(5)20-32(31,33)21-25;1-4-6-7(3)5-2;1-3-5-4-2;4*1-3-2;3*1-2;/h22-29H,8-21,33H2,1-7H3;7H,4-6H2,1-3H3;3-5H2,1-2H3;4*3H2,1-2H3;3*1-2H3;1H4. The van der Waals surface area contributed by atoms with Gasteiger partial charge in [-0.15, -0.1) is 0 Å². The maximum absolute atomic E-state index is 7.56. The third kappa shape index (κ3) is 29.1. The Balaban J connectivity index is -0.000000173. The SMILES string of the molecule is C.CC.CC.CC.CCC.CCC.CCC.CCC.CCCC(C)CC.CCCCC.CCCCCC(C)C1CCC2(C)C3CCC4(C)C(C(C)CCC)CCC4C3C(C)CC2(N)C1. The Morgan fingerprint density at radius 2 is 0.953 bits per heavy atom. The molecule has 64 heavy (non-hydrogen) atoms. The van der Waals surface area contributed by atoms with Crippen molar-refractivity contribution in [2.45, 2.75) is 347 Å². The lowest BCUT2D eigenvalue weighted by Gasteiger charge is -2.67. The van der Waals surface area contributed by atoms with Crippen LogP contribution in [0.3, 0.4) is 0 Å². The Morgan fingerprint density at radius 3 is 1.33 bits per heavy atom. The summed E-state index contributed by atoms with van der Waals surface area (Å²) < 4.78 is 0. The first-order valence-electron chi connectivity index (χ1n) is 29.8. The van der Waals surface area contributed by atoms with Crippen molar-refractivity contribution in [2.24, 2.45) is 69.8 Å². The molecule has 0 heterocycles. The van der Waals surface area contributed by atoms with Gasteiger partial charge in [0.15, 0.2) is 0 Å². The third-order valence-electron chi connectivity index (χ3n) is 15.1. The van der Waals surface area contributed by atoms with Gasteiger partial charge in [-0.3, -0.25) is 0 Å². The zero-order valence-electron chi connectivity index (χ0n) is 50.2. The van der Waals surface area contributed by atoms with E-state index < -0.39 is 0 Å². The Kier molecular flexibility index (Phi) is 62.1. The lowest BCUT2D eigenvalue weighted by molar-refractivity contribution is -0.156. The Bertz CT molecular complexity index is 840. The average molecular weight is 913 g/mol. The number of hydrogen-bond donors (Lipinski definition) is 1. The molecule has 0 aromatic heterocycles. The van der Waals surface area contributed by atoms with Crippen LogP contribution in [0, 0.1) is 64.1 Å². The zero-order chi connectivity index (χ0) is 50.7. The van der Waals surface area contributed by atoms with Crippen LogP contribution in [-0.4, -0.2) is 5.54 Å². The number of hydrogen-bond acceptors (Lipinski definition) is 1. The van der Waals surface area contributed by atoms with Gasteiger partial charge in [0.1, 0.15) is 0 Å². The summed E-state index contributed by atoms with van der Waals surface area (Å²) in [5, 5.41) is 0. The highest BCUT2D eigenvalue weighted by atomic mass is 14.9. The first-order valence-corrected chi connectivity index (χ1v) is 29.8. The molecule has 0 aliphatic heterocycles. The van der Waals surface area contributed by atoms with Crippen LogP contribution in [0.1, 0.15) is 342 Å². The van der Waals surface area contributed by atoms with Gasteiger partial charge >= 0.3 is 0 Å². The van der Waals surface area contributed by atoms with E-state index in [0.717, 1.165) is 53.3 Å². The van der Waals surface area contributed by atoms with Crippen LogP contribution in [0.2, 0.25) is 0 Å². The summed E-state index contributed by atoms with van der Waals surface area (Å²) in [5.41, 5.74) is 8.61. The predicted octanol–water partition coefficient (Wildman–Crippen LogP) is 23.7. The summed E-state index contributed by atoms with van der Waals surface area (Å²) in [7, 11) is 0. The summed E-state index contributed by atoms with van der Waals surface area (Å²) in [5.74, 6) is 8.13. The van der Waals surface area contributed by atoms with Crippen molar-refractivity contribution in [3.63, 3.8) is 0 Å². The van der Waals surface area contributed by atoms with Gasteiger partial charge in [-0.05, 0) is 115 Å². The number of rotatable bonds is 13. The van der Waals surface area contributed by atoms with E-state index in [9.17, 15) is 0 Å². The Hall–Kier alpha value is -0.0400. The fraction of sp³-hybridized carbons (Fsp3) is 1.00. The van der Waals surface area contributed by atoms with Crippen molar-refractivity contribution >= 4 is 0 Å². The minimum Gasteiger partial charge on any atom is -0.325 e. The average Bonchev–Trinajstić information content (AvgIpc) is 3.62. The number of nitrogens with two attached hydrogens (primary N) is 1. The van der Waals surface area contributed by atoms with E-state index in [1.807, 2.05) is 41.5 Å². The normalized spacial score (nSPS) is 28.9. The van der Waals surface area contributed by atoms with Crippen LogP contribution < -0.4 is 5.73 Å².